The van der Waals surface area contributed by atoms with Crippen LogP contribution in [-0.4, -0.2) is 10.9 Å². The normalized spacial score (nSPS) is 10.7. The Kier molecular flexibility index (Phi) is 4.85. The SMILES string of the molecule is Cc1c(C(=O)Oc2c(-c3ccccc3)c(=O)oc3ccccc23)cccc1[N+](=O)[O-]. The maximum Gasteiger partial charge on any atom is 0.348 e. The zero-order chi connectivity index (χ0) is 21.3. The van der Waals surface area contributed by atoms with Crippen molar-refractivity contribution in [1.82, 2.24) is 0 Å². The largest absolute Gasteiger partial charge is 0.422 e. The summed E-state index contributed by atoms with van der Waals surface area (Å²) >= 11 is 0. The van der Waals surface area contributed by atoms with E-state index in [2.05, 4.69) is 0 Å². The lowest BCUT2D eigenvalue weighted by Crippen LogP contribution is -2.15. The van der Waals surface area contributed by atoms with Gasteiger partial charge in [0, 0.05) is 11.6 Å². The van der Waals surface area contributed by atoms with Gasteiger partial charge in [0.25, 0.3) is 5.69 Å². The van der Waals surface area contributed by atoms with Crippen LogP contribution < -0.4 is 10.4 Å². The Bertz CT molecular complexity index is 1340. The van der Waals surface area contributed by atoms with Crippen LogP contribution in [0, 0.1) is 17.0 Å². The summed E-state index contributed by atoms with van der Waals surface area (Å²) in [6, 6.07) is 19.6. The average Bonchev–Trinajstić information content (AvgIpc) is 2.74. The van der Waals surface area contributed by atoms with E-state index in [0.717, 1.165) is 0 Å². The van der Waals surface area contributed by atoms with Gasteiger partial charge in [-0.1, -0.05) is 48.5 Å². The highest BCUT2D eigenvalue weighted by molar-refractivity contribution is 5.98. The maximum absolute atomic E-state index is 13.0. The molecule has 0 saturated carbocycles. The fraction of sp³-hybridized carbons (Fsp3) is 0.0435. The smallest absolute Gasteiger partial charge is 0.348 e. The summed E-state index contributed by atoms with van der Waals surface area (Å²) in [4.78, 5) is 36.4. The Morgan fingerprint density at radius 1 is 0.967 bits per heavy atom. The minimum Gasteiger partial charge on any atom is -0.422 e. The molecular formula is C23H15NO6. The minimum absolute atomic E-state index is 0.0422. The summed E-state index contributed by atoms with van der Waals surface area (Å²) in [5.41, 5.74) is 0.271. The summed E-state index contributed by atoms with van der Waals surface area (Å²) in [6.45, 7) is 1.48. The van der Waals surface area contributed by atoms with Crippen molar-refractivity contribution in [3.05, 3.63) is 104 Å². The predicted molar refractivity (Wildman–Crippen MR) is 111 cm³/mol. The van der Waals surface area contributed by atoms with Crippen molar-refractivity contribution in [1.29, 1.82) is 0 Å². The lowest BCUT2D eigenvalue weighted by Gasteiger charge is -2.13. The van der Waals surface area contributed by atoms with Crippen LogP contribution in [0.15, 0.2) is 82.0 Å². The van der Waals surface area contributed by atoms with E-state index < -0.39 is 16.5 Å². The van der Waals surface area contributed by atoms with Crippen molar-refractivity contribution in [3.8, 4) is 16.9 Å². The van der Waals surface area contributed by atoms with Crippen molar-refractivity contribution in [3.63, 3.8) is 0 Å². The molecule has 0 aliphatic rings. The van der Waals surface area contributed by atoms with Gasteiger partial charge in [0.2, 0.25) is 0 Å². The number of hydrogen-bond acceptors (Lipinski definition) is 6. The van der Waals surface area contributed by atoms with Gasteiger partial charge in [0.1, 0.15) is 11.1 Å². The van der Waals surface area contributed by atoms with Gasteiger partial charge in [-0.15, -0.1) is 0 Å². The van der Waals surface area contributed by atoms with E-state index in [1.54, 1.807) is 54.6 Å². The van der Waals surface area contributed by atoms with Gasteiger partial charge in [-0.2, -0.15) is 0 Å². The Morgan fingerprint density at radius 3 is 2.40 bits per heavy atom. The Morgan fingerprint density at radius 2 is 1.67 bits per heavy atom. The highest BCUT2D eigenvalue weighted by atomic mass is 16.6. The maximum atomic E-state index is 13.0. The molecule has 7 heteroatoms. The number of nitrogens with zero attached hydrogens (tertiary/aromatic N) is 1. The summed E-state index contributed by atoms with van der Waals surface area (Å²) in [5, 5.41) is 11.7. The number of nitro groups is 1. The zero-order valence-corrected chi connectivity index (χ0v) is 15.8. The lowest BCUT2D eigenvalue weighted by atomic mass is 10.0. The second-order valence-electron chi connectivity index (χ2n) is 6.55. The third-order valence-corrected chi connectivity index (χ3v) is 4.74. The lowest BCUT2D eigenvalue weighted by molar-refractivity contribution is -0.385. The number of fused-ring (bicyclic) bond motifs is 1. The molecule has 1 aromatic heterocycles. The van der Waals surface area contributed by atoms with Crippen LogP contribution in [0.3, 0.4) is 0 Å². The summed E-state index contributed by atoms with van der Waals surface area (Å²) < 4.78 is 11.1. The number of ether oxygens (including phenoxy) is 1. The molecule has 0 saturated heterocycles. The molecule has 0 bridgehead atoms. The number of rotatable bonds is 4. The third-order valence-electron chi connectivity index (χ3n) is 4.74. The van der Waals surface area contributed by atoms with Crippen LogP contribution >= 0.6 is 0 Å². The van der Waals surface area contributed by atoms with Crippen LogP contribution in [0.25, 0.3) is 22.1 Å². The van der Waals surface area contributed by atoms with Gasteiger partial charge in [0.05, 0.1) is 15.9 Å². The zero-order valence-electron chi connectivity index (χ0n) is 15.8. The van der Waals surface area contributed by atoms with Gasteiger partial charge in [-0.25, -0.2) is 9.59 Å². The molecule has 0 amide bonds. The molecule has 0 atom stereocenters. The van der Waals surface area contributed by atoms with E-state index in [1.165, 1.54) is 25.1 Å². The van der Waals surface area contributed by atoms with Crippen molar-refractivity contribution >= 4 is 22.6 Å². The summed E-state index contributed by atoms with van der Waals surface area (Å²) in [5.74, 6) is -0.756. The van der Waals surface area contributed by atoms with E-state index in [4.69, 9.17) is 9.15 Å². The third kappa shape index (κ3) is 3.33. The highest BCUT2D eigenvalue weighted by Crippen LogP contribution is 2.35. The quantitative estimate of drug-likeness (QED) is 0.209. The molecule has 0 aliphatic heterocycles. The minimum atomic E-state index is -0.802. The first-order valence-corrected chi connectivity index (χ1v) is 9.05. The number of hydrogen-bond donors (Lipinski definition) is 0. The molecule has 0 N–H and O–H groups in total. The molecule has 3 aromatic carbocycles. The Balaban J connectivity index is 1.91. The predicted octanol–water partition coefficient (Wildman–Crippen LogP) is 4.90. The highest BCUT2D eigenvalue weighted by Gasteiger charge is 2.24. The van der Waals surface area contributed by atoms with E-state index in [1.807, 2.05) is 0 Å². The molecule has 4 rings (SSSR count). The number of carbonyl (C=O) groups is 1. The van der Waals surface area contributed by atoms with Crippen molar-refractivity contribution in [2.24, 2.45) is 0 Å². The number of para-hydroxylation sites is 1. The van der Waals surface area contributed by atoms with Gasteiger partial charge in [-0.3, -0.25) is 10.1 Å². The standard InChI is InChI=1S/C23H15NO6/c1-14-16(11-7-12-18(14)24(27)28)22(25)30-21-17-10-5-6-13-19(17)29-23(26)20(21)15-8-3-2-4-9-15/h2-13H,1H3. The first kappa shape index (κ1) is 19.1. The van der Waals surface area contributed by atoms with Crippen LogP contribution in [0.4, 0.5) is 5.69 Å². The van der Waals surface area contributed by atoms with Crippen molar-refractivity contribution in [2.45, 2.75) is 6.92 Å². The Labute approximate surface area is 170 Å². The second kappa shape index (κ2) is 7.63. The van der Waals surface area contributed by atoms with Crippen LogP contribution in [0.5, 0.6) is 5.75 Å². The van der Waals surface area contributed by atoms with Crippen LogP contribution in [-0.2, 0) is 0 Å². The van der Waals surface area contributed by atoms with Gasteiger partial charge >= 0.3 is 11.6 Å². The van der Waals surface area contributed by atoms with Gasteiger partial charge in [0.15, 0.2) is 5.75 Å². The number of esters is 1. The van der Waals surface area contributed by atoms with Crippen molar-refractivity contribution < 1.29 is 18.9 Å². The monoisotopic (exact) mass is 401 g/mol. The molecular weight excluding hydrogens is 386 g/mol. The number of nitro benzene ring substituents is 1. The fourth-order valence-corrected chi connectivity index (χ4v) is 3.27. The van der Waals surface area contributed by atoms with E-state index in [-0.39, 0.29) is 33.7 Å². The number of benzene rings is 3. The molecule has 1 heterocycles. The van der Waals surface area contributed by atoms with Gasteiger partial charge in [-0.05, 0) is 30.7 Å². The van der Waals surface area contributed by atoms with Crippen LogP contribution in [0.1, 0.15) is 15.9 Å². The average molecular weight is 401 g/mol. The summed E-state index contributed by atoms with van der Waals surface area (Å²) in [7, 11) is 0. The molecule has 7 nitrogen and oxygen atoms in total. The molecule has 0 spiro atoms. The second-order valence-corrected chi connectivity index (χ2v) is 6.55. The van der Waals surface area contributed by atoms with E-state index in [0.29, 0.717) is 10.9 Å². The molecule has 148 valence electrons. The molecule has 0 aliphatic carbocycles. The molecule has 30 heavy (non-hydrogen) atoms. The first-order valence-electron chi connectivity index (χ1n) is 9.05. The van der Waals surface area contributed by atoms with E-state index in [9.17, 15) is 19.7 Å². The van der Waals surface area contributed by atoms with Gasteiger partial charge < -0.3 is 9.15 Å². The fourth-order valence-electron chi connectivity index (χ4n) is 3.27. The molecule has 4 aromatic rings. The summed E-state index contributed by atoms with van der Waals surface area (Å²) in [6.07, 6.45) is 0. The molecule has 0 fully saturated rings. The van der Waals surface area contributed by atoms with Crippen molar-refractivity contribution in [2.75, 3.05) is 0 Å². The number of carbonyl (C=O) groups excluding carboxylic acids is 1. The topological polar surface area (TPSA) is 99.7 Å². The molecule has 0 unspecified atom stereocenters. The Hall–Kier alpha value is -4.26. The first-order chi connectivity index (χ1) is 14.5. The van der Waals surface area contributed by atoms with Crippen LogP contribution in [0.2, 0.25) is 0 Å². The van der Waals surface area contributed by atoms with E-state index >= 15 is 0 Å². The molecule has 0 radical (unpaired) electrons.